The zero-order chi connectivity index (χ0) is 11.1. The SMILES string of the molecule is Cc1nc(-c2cnc(C(C)(C)C)s2)cs1. The van der Waals surface area contributed by atoms with Gasteiger partial charge in [0.1, 0.15) is 0 Å². The summed E-state index contributed by atoms with van der Waals surface area (Å²) in [4.78, 5) is 10.1. The Kier molecular flexibility index (Phi) is 2.64. The summed E-state index contributed by atoms with van der Waals surface area (Å²) in [7, 11) is 0. The van der Waals surface area contributed by atoms with Gasteiger partial charge >= 0.3 is 0 Å². The predicted molar refractivity (Wildman–Crippen MR) is 66.7 cm³/mol. The lowest BCUT2D eigenvalue weighted by molar-refractivity contribution is 0.585. The van der Waals surface area contributed by atoms with E-state index in [0.717, 1.165) is 10.7 Å². The molecule has 2 aromatic heterocycles. The van der Waals surface area contributed by atoms with Crippen molar-refractivity contribution in [2.75, 3.05) is 0 Å². The summed E-state index contributed by atoms with van der Waals surface area (Å²) >= 11 is 3.42. The number of nitrogens with zero attached hydrogens (tertiary/aromatic N) is 2. The fraction of sp³-hybridized carbons (Fsp3) is 0.455. The molecule has 0 saturated heterocycles. The highest BCUT2D eigenvalue weighted by atomic mass is 32.1. The van der Waals surface area contributed by atoms with E-state index in [4.69, 9.17) is 0 Å². The first-order chi connectivity index (χ1) is 6.97. The van der Waals surface area contributed by atoms with Gasteiger partial charge in [-0.1, -0.05) is 20.8 Å². The van der Waals surface area contributed by atoms with Crippen molar-refractivity contribution < 1.29 is 0 Å². The highest BCUT2D eigenvalue weighted by Crippen LogP contribution is 2.32. The summed E-state index contributed by atoms with van der Waals surface area (Å²) in [6.45, 7) is 8.58. The summed E-state index contributed by atoms with van der Waals surface area (Å²) in [6, 6.07) is 0. The Morgan fingerprint density at radius 3 is 2.47 bits per heavy atom. The Labute approximate surface area is 98.0 Å². The van der Waals surface area contributed by atoms with Gasteiger partial charge in [0, 0.05) is 17.0 Å². The van der Waals surface area contributed by atoms with Crippen LogP contribution < -0.4 is 0 Å². The minimum atomic E-state index is 0.133. The molecule has 2 rings (SSSR count). The third kappa shape index (κ3) is 2.26. The molecule has 0 amide bonds. The summed E-state index contributed by atoms with van der Waals surface area (Å²) in [5.74, 6) is 0. The maximum atomic E-state index is 4.47. The van der Waals surface area contributed by atoms with E-state index in [9.17, 15) is 0 Å². The van der Waals surface area contributed by atoms with Crippen LogP contribution in [-0.4, -0.2) is 9.97 Å². The van der Waals surface area contributed by atoms with Crippen molar-refractivity contribution in [2.24, 2.45) is 0 Å². The van der Waals surface area contributed by atoms with Crippen LogP contribution in [0.4, 0.5) is 0 Å². The van der Waals surface area contributed by atoms with E-state index in [2.05, 4.69) is 36.1 Å². The van der Waals surface area contributed by atoms with E-state index in [1.165, 1.54) is 9.88 Å². The van der Waals surface area contributed by atoms with Crippen LogP contribution in [0.25, 0.3) is 10.6 Å². The van der Waals surface area contributed by atoms with Crippen molar-refractivity contribution in [3.63, 3.8) is 0 Å². The number of aryl methyl sites for hydroxylation is 1. The van der Waals surface area contributed by atoms with Crippen molar-refractivity contribution in [1.82, 2.24) is 9.97 Å². The molecule has 0 radical (unpaired) electrons. The van der Waals surface area contributed by atoms with Crippen LogP contribution in [0.5, 0.6) is 0 Å². The van der Waals surface area contributed by atoms with Crippen LogP contribution in [0.1, 0.15) is 30.8 Å². The summed E-state index contributed by atoms with van der Waals surface area (Å²) in [5.41, 5.74) is 1.19. The van der Waals surface area contributed by atoms with Gasteiger partial charge in [-0.05, 0) is 6.92 Å². The van der Waals surface area contributed by atoms with Crippen LogP contribution >= 0.6 is 22.7 Å². The average molecular weight is 238 g/mol. The molecule has 80 valence electrons. The Morgan fingerprint density at radius 2 is 2.00 bits per heavy atom. The van der Waals surface area contributed by atoms with E-state index >= 15 is 0 Å². The van der Waals surface area contributed by atoms with Crippen molar-refractivity contribution in [3.05, 3.63) is 21.6 Å². The number of hydrogen-bond donors (Lipinski definition) is 0. The normalized spacial score (nSPS) is 12.0. The van der Waals surface area contributed by atoms with Crippen molar-refractivity contribution in [1.29, 1.82) is 0 Å². The average Bonchev–Trinajstić information content (AvgIpc) is 2.69. The second-order valence-electron chi connectivity index (χ2n) is 4.53. The molecule has 0 aromatic carbocycles. The molecule has 0 fully saturated rings. The number of hydrogen-bond acceptors (Lipinski definition) is 4. The van der Waals surface area contributed by atoms with Crippen LogP contribution in [-0.2, 0) is 5.41 Å². The highest BCUT2D eigenvalue weighted by molar-refractivity contribution is 7.15. The van der Waals surface area contributed by atoms with Gasteiger partial charge < -0.3 is 0 Å². The minimum absolute atomic E-state index is 0.133. The minimum Gasteiger partial charge on any atom is -0.248 e. The number of rotatable bonds is 1. The summed E-state index contributed by atoms with van der Waals surface area (Å²) < 4.78 is 0. The van der Waals surface area contributed by atoms with Gasteiger partial charge in [0.05, 0.1) is 20.6 Å². The molecule has 0 bridgehead atoms. The fourth-order valence-electron chi connectivity index (χ4n) is 1.22. The van der Waals surface area contributed by atoms with E-state index in [0.29, 0.717) is 0 Å². The van der Waals surface area contributed by atoms with Gasteiger partial charge in [0.15, 0.2) is 0 Å². The van der Waals surface area contributed by atoms with E-state index in [1.807, 2.05) is 13.1 Å². The highest BCUT2D eigenvalue weighted by Gasteiger charge is 2.18. The lowest BCUT2D eigenvalue weighted by Crippen LogP contribution is -2.09. The topological polar surface area (TPSA) is 25.8 Å². The van der Waals surface area contributed by atoms with Gasteiger partial charge in [0.2, 0.25) is 0 Å². The Morgan fingerprint density at radius 1 is 1.27 bits per heavy atom. The first-order valence-corrected chi connectivity index (χ1v) is 6.55. The fourth-order valence-corrected chi connectivity index (χ4v) is 2.84. The molecule has 0 aliphatic carbocycles. The lowest BCUT2D eigenvalue weighted by Gasteiger charge is -2.13. The van der Waals surface area contributed by atoms with Gasteiger partial charge in [-0.2, -0.15) is 0 Å². The van der Waals surface area contributed by atoms with Crippen molar-refractivity contribution in [2.45, 2.75) is 33.1 Å². The largest absolute Gasteiger partial charge is 0.248 e. The van der Waals surface area contributed by atoms with Crippen LogP contribution in [0.3, 0.4) is 0 Å². The Bertz CT molecular complexity index is 463. The molecule has 0 unspecified atom stereocenters. The van der Waals surface area contributed by atoms with Crippen LogP contribution in [0.15, 0.2) is 11.6 Å². The van der Waals surface area contributed by atoms with Crippen LogP contribution in [0.2, 0.25) is 0 Å². The molecule has 0 N–H and O–H groups in total. The standard InChI is InChI=1S/C11H14N2S2/c1-7-13-8(6-14-7)9-5-12-10(15-9)11(2,3)4/h5-6H,1-4H3. The van der Waals surface area contributed by atoms with Gasteiger partial charge in [-0.3, -0.25) is 0 Å². The summed E-state index contributed by atoms with van der Waals surface area (Å²) in [6.07, 6.45) is 1.93. The van der Waals surface area contributed by atoms with Crippen molar-refractivity contribution in [3.8, 4) is 10.6 Å². The molecule has 0 atom stereocenters. The molecular formula is C11H14N2S2. The Hall–Kier alpha value is -0.740. The van der Waals surface area contributed by atoms with Gasteiger partial charge in [-0.15, -0.1) is 22.7 Å². The molecule has 0 spiro atoms. The number of aromatic nitrogens is 2. The first-order valence-electron chi connectivity index (χ1n) is 4.85. The quantitative estimate of drug-likeness (QED) is 0.753. The third-order valence-electron chi connectivity index (χ3n) is 2.02. The molecule has 0 aliphatic rings. The van der Waals surface area contributed by atoms with Crippen LogP contribution in [0, 0.1) is 6.92 Å². The second-order valence-corrected chi connectivity index (χ2v) is 6.62. The molecule has 0 saturated carbocycles. The smallest absolute Gasteiger partial charge is 0.0985 e. The zero-order valence-electron chi connectivity index (χ0n) is 9.37. The first kappa shape index (κ1) is 10.8. The zero-order valence-corrected chi connectivity index (χ0v) is 11.0. The molecule has 2 nitrogen and oxygen atoms in total. The predicted octanol–water partition coefficient (Wildman–Crippen LogP) is 3.87. The number of thiazole rings is 2. The monoisotopic (exact) mass is 238 g/mol. The van der Waals surface area contributed by atoms with E-state index in [-0.39, 0.29) is 5.41 Å². The maximum Gasteiger partial charge on any atom is 0.0985 e. The molecule has 2 aromatic rings. The van der Waals surface area contributed by atoms with Gasteiger partial charge in [0.25, 0.3) is 0 Å². The molecule has 0 aliphatic heterocycles. The lowest BCUT2D eigenvalue weighted by atomic mass is 9.98. The molecular weight excluding hydrogens is 224 g/mol. The Balaban J connectivity index is 2.36. The maximum absolute atomic E-state index is 4.47. The third-order valence-corrected chi connectivity index (χ3v) is 4.24. The van der Waals surface area contributed by atoms with E-state index < -0.39 is 0 Å². The second kappa shape index (κ2) is 3.68. The molecule has 4 heteroatoms. The van der Waals surface area contributed by atoms with Crippen molar-refractivity contribution >= 4 is 22.7 Å². The summed E-state index contributed by atoms with van der Waals surface area (Å²) in [5, 5.41) is 4.37. The molecule has 15 heavy (non-hydrogen) atoms. The van der Waals surface area contributed by atoms with E-state index in [1.54, 1.807) is 22.7 Å². The van der Waals surface area contributed by atoms with Gasteiger partial charge in [-0.25, -0.2) is 9.97 Å². The molecule has 2 heterocycles.